The van der Waals surface area contributed by atoms with Gasteiger partial charge in [-0.05, 0) is 50.6 Å². The fraction of sp³-hybridized carbons (Fsp3) is 0.533. The van der Waals surface area contributed by atoms with E-state index < -0.39 is 11.4 Å². The quantitative estimate of drug-likeness (QED) is 0.897. The molecule has 21 heavy (non-hydrogen) atoms. The van der Waals surface area contributed by atoms with E-state index in [-0.39, 0.29) is 17.0 Å². The van der Waals surface area contributed by atoms with Crippen molar-refractivity contribution in [2.75, 3.05) is 20.2 Å². The Balaban J connectivity index is 2.08. The number of rotatable bonds is 4. The summed E-state index contributed by atoms with van der Waals surface area (Å²) in [5, 5.41) is 6.19. The molecule has 2 rings (SSSR count). The van der Waals surface area contributed by atoms with Crippen LogP contribution in [0.2, 0.25) is 5.02 Å². The lowest BCUT2D eigenvalue weighted by Crippen LogP contribution is -2.54. The van der Waals surface area contributed by atoms with Crippen LogP contribution in [0.15, 0.2) is 18.2 Å². The van der Waals surface area contributed by atoms with Crippen molar-refractivity contribution in [2.24, 2.45) is 0 Å². The van der Waals surface area contributed by atoms with Crippen LogP contribution in [0.5, 0.6) is 0 Å². The number of methoxy groups -OCH3 is 1. The standard InChI is InChI=1S/C15H20ClFN2O2/c1-10(11-3-4-13(17)12(16)9-11)19-14(20)15(21-2)5-7-18-8-6-15/h3-4,9-10,18H,5-8H2,1-2H3,(H,19,20). The third kappa shape index (κ3) is 3.54. The third-order valence-corrected chi connectivity index (χ3v) is 4.30. The topological polar surface area (TPSA) is 50.4 Å². The molecule has 0 spiro atoms. The molecule has 0 saturated carbocycles. The van der Waals surface area contributed by atoms with Gasteiger partial charge in [-0.1, -0.05) is 17.7 Å². The molecule has 0 aromatic heterocycles. The molecule has 6 heteroatoms. The predicted molar refractivity (Wildman–Crippen MR) is 79.8 cm³/mol. The molecule has 1 heterocycles. The summed E-state index contributed by atoms with van der Waals surface area (Å²) >= 11 is 5.78. The molecule has 1 fully saturated rings. The zero-order valence-electron chi connectivity index (χ0n) is 12.2. The van der Waals surface area contributed by atoms with Crippen LogP contribution in [0.25, 0.3) is 0 Å². The number of halogens is 2. The van der Waals surface area contributed by atoms with E-state index in [1.165, 1.54) is 12.1 Å². The number of hydrogen-bond acceptors (Lipinski definition) is 3. The van der Waals surface area contributed by atoms with Crippen molar-refractivity contribution in [1.29, 1.82) is 0 Å². The zero-order chi connectivity index (χ0) is 15.5. The van der Waals surface area contributed by atoms with Gasteiger partial charge in [0.1, 0.15) is 11.4 Å². The Labute approximate surface area is 129 Å². The van der Waals surface area contributed by atoms with Gasteiger partial charge in [0.2, 0.25) is 0 Å². The van der Waals surface area contributed by atoms with E-state index >= 15 is 0 Å². The molecule has 0 aliphatic carbocycles. The van der Waals surface area contributed by atoms with Crippen molar-refractivity contribution in [3.05, 3.63) is 34.6 Å². The number of ether oxygens (including phenoxy) is 1. The number of hydrogen-bond donors (Lipinski definition) is 2. The Kier molecular flexibility index (Phi) is 5.19. The summed E-state index contributed by atoms with van der Waals surface area (Å²) in [4.78, 5) is 12.5. The van der Waals surface area contributed by atoms with E-state index in [0.29, 0.717) is 12.8 Å². The van der Waals surface area contributed by atoms with Crippen molar-refractivity contribution in [3.8, 4) is 0 Å². The van der Waals surface area contributed by atoms with Crippen LogP contribution >= 0.6 is 11.6 Å². The minimum Gasteiger partial charge on any atom is -0.368 e. The number of nitrogens with one attached hydrogen (secondary N) is 2. The van der Waals surface area contributed by atoms with Gasteiger partial charge in [0.05, 0.1) is 11.1 Å². The van der Waals surface area contributed by atoms with Crippen molar-refractivity contribution in [3.63, 3.8) is 0 Å². The number of amides is 1. The predicted octanol–water partition coefficient (Wildman–Crippen LogP) is 2.42. The summed E-state index contributed by atoms with van der Waals surface area (Å²) in [6, 6.07) is 4.19. The summed E-state index contributed by atoms with van der Waals surface area (Å²) in [5.74, 6) is -0.606. The molecule has 4 nitrogen and oxygen atoms in total. The van der Waals surface area contributed by atoms with Crippen molar-refractivity contribution in [1.82, 2.24) is 10.6 Å². The third-order valence-electron chi connectivity index (χ3n) is 4.01. The van der Waals surface area contributed by atoms with Crippen LogP contribution in [0.3, 0.4) is 0 Å². The molecule has 1 atom stereocenters. The smallest absolute Gasteiger partial charge is 0.252 e. The second-order valence-corrected chi connectivity index (χ2v) is 5.72. The number of carbonyl (C=O) groups excluding carboxylic acids is 1. The summed E-state index contributed by atoms with van der Waals surface area (Å²) in [5.41, 5.74) is -0.0292. The second kappa shape index (κ2) is 6.73. The van der Waals surface area contributed by atoms with Gasteiger partial charge < -0.3 is 15.4 Å². The molecule has 1 aliphatic heterocycles. The number of carbonyl (C=O) groups is 1. The molecule has 0 bridgehead atoms. The summed E-state index contributed by atoms with van der Waals surface area (Å²) in [6.45, 7) is 3.34. The first-order valence-corrected chi connectivity index (χ1v) is 7.38. The van der Waals surface area contributed by atoms with Gasteiger partial charge in [0.15, 0.2) is 0 Å². The fourth-order valence-corrected chi connectivity index (χ4v) is 2.74. The molecule has 1 aliphatic rings. The van der Waals surface area contributed by atoms with Gasteiger partial charge >= 0.3 is 0 Å². The first kappa shape index (κ1) is 16.2. The normalized spacial score (nSPS) is 19.0. The first-order valence-electron chi connectivity index (χ1n) is 7.00. The van der Waals surface area contributed by atoms with Gasteiger partial charge in [0.25, 0.3) is 5.91 Å². The second-order valence-electron chi connectivity index (χ2n) is 5.32. The number of benzene rings is 1. The molecule has 0 radical (unpaired) electrons. The highest BCUT2D eigenvalue weighted by Crippen LogP contribution is 2.25. The average Bonchev–Trinajstić information content (AvgIpc) is 2.50. The van der Waals surface area contributed by atoms with Crippen molar-refractivity contribution in [2.45, 2.75) is 31.4 Å². The van der Waals surface area contributed by atoms with E-state index in [1.807, 2.05) is 6.92 Å². The molecule has 2 N–H and O–H groups in total. The maximum atomic E-state index is 13.2. The summed E-state index contributed by atoms with van der Waals surface area (Å²) in [6.07, 6.45) is 1.26. The van der Waals surface area contributed by atoms with Crippen LogP contribution in [0.1, 0.15) is 31.4 Å². The Bertz CT molecular complexity index is 518. The lowest BCUT2D eigenvalue weighted by molar-refractivity contribution is -0.147. The molecular formula is C15H20ClFN2O2. The molecule has 116 valence electrons. The van der Waals surface area contributed by atoms with Gasteiger partial charge in [-0.2, -0.15) is 0 Å². The Hall–Kier alpha value is -1.17. The first-order chi connectivity index (χ1) is 9.98. The maximum Gasteiger partial charge on any atom is 0.252 e. The van der Waals surface area contributed by atoms with E-state index in [0.717, 1.165) is 18.7 Å². The highest BCUT2D eigenvalue weighted by Gasteiger charge is 2.40. The minimum atomic E-state index is -0.788. The molecule has 1 aromatic carbocycles. The molecule has 1 amide bonds. The highest BCUT2D eigenvalue weighted by molar-refractivity contribution is 6.30. The van der Waals surface area contributed by atoms with Gasteiger partial charge in [-0.3, -0.25) is 4.79 Å². The highest BCUT2D eigenvalue weighted by atomic mass is 35.5. The van der Waals surface area contributed by atoms with E-state index in [9.17, 15) is 9.18 Å². The Morgan fingerprint density at radius 2 is 2.14 bits per heavy atom. The van der Waals surface area contributed by atoms with Crippen molar-refractivity contribution >= 4 is 17.5 Å². The Morgan fingerprint density at radius 1 is 1.48 bits per heavy atom. The average molecular weight is 315 g/mol. The molecule has 1 saturated heterocycles. The SMILES string of the molecule is COC1(C(=O)NC(C)c2ccc(F)c(Cl)c2)CCNCC1. The van der Waals surface area contributed by atoms with Crippen LogP contribution < -0.4 is 10.6 Å². The van der Waals surface area contributed by atoms with Gasteiger partial charge in [-0.25, -0.2) is 4.39 Å². The van der Waals surface area contributed by atoms with E-state index in [1.54, 1.807) is 13.2 Å². The van der Waals surface area contributed by atoms with E-state index in [2.05, 4.69) is 10.6 Å². The zero-order valence-corrected chi connectivity index (χ0v) is 13.0. The molecule has 1 unspecified atom stereocenters. The van der Waals surface area contributed by atoms with E-state index in [4.69, 9.17) is 16.3 Å². The Morgan fingerprint density at radius 3 is 2.71 bits per heavy atom. The van der Waals surface area contributed by atoms with Crippen LogP contribution in [0.4, 0.5) is 4.39 Å². The summed E-state index contributed by atoms with van der Waals surface area (Å²) < 4.78 is 18.7. The molecular weight excluding hydrogens is 295 g/mol. The fourth-order valence-electron chi connectivity index (χ4n) is 2.55. The molecule has 1 aromatic rings. The van der Waals surface area contributed by atoms with Gasteiger partial charge in [0, 0.05) is 7.11 Å². The lowest BCUT2D eigenvalue weighted by atomic mass is 9.90. The van der Waals surface area contributed by atoms with Gasteiger partial charge in [-0.15, -0.1) is 0 Å². The summed E-state index contributed by atoms with van der Waals surface area (Å²) in [7, 11) is 1.56. The van der Waals surface area contributed by atoms with Crippen molar-refractivity contribution < 1.29 is 13.9 Å². The van der Waals surface area contributed by atoms with Crippen LogP contribution in [-0.4, -0.2) is 31.7 Å². The van der Waals surface area contributed by atoms with Crippen LogP contribution in [0, 0.1) is 5.82 Å². The van der Waals surface area contributed by atoms with Crippen LogP contribution in [-0.2, 0) is 9.53 Å². The number of piperidine rings is 1. The maximum absolute atomic E-state index is 13.2. The largest absolute Gasteiger partial charge is 0.368 e. The minimum absolute atomic E-state index is 0.0527. The monoisotopic (exact) mass is 314 g/mol. The lowest BCUT2D eigenvalue weighted by Gasteiger charge is -2.35.